The first kappa shape index (κ1) is 12.9. The summed E-state index contributed by atoms with van der Waals surface area (Å²) in [5.41, 5.74) is 1.96. The van der Waals surface area contributed by atoms with Gasteiger partial charge in [-0.15, -0.1) is 0 Å². The Morgan fingerprint density at radius 3 is 2.79 bits per heavy atom. The number of likely N-dealkylation sites (tertiary alicyclic amines) is 1. The van der Waals surface area contributed by atoms with Crippen LogP contribution < -0.4 is 4.90 Å². The number of aromatic nitrogens is 1. The molecular weight excluding hydrogens is 238 g/mol. The highest BCUT2D eigenvalue weighted by Gasteiger charge is 2.29. The molecule has 104 valence electrons. The molecule has 4 nitrogen and oxygen atoms in total. The molecule has 2 aliphatic heterocycles. The molecule has 2 aliphatic rings. The summed E-state index contributed by atoms with van der Waals surface area (Å²) < 4.78 is 0. The van der Waals surface area contributed by atoms with Crippen molar-refractivity contribution in [2.24, 2.45) is 0 Å². The van der Waals surface area contributed by atoms with E-state index in [1.54, 1.807) is 0 Å². The predicted molar refractivity (Wildman–Crippen MR) is 76.3 cm³/mol. The number of hydrogen-bond donors (Lipinski definition) is 1. The maximum absolute atomic E-state index is 9.30. The van der Waals surface area contributed by atoms with Crippen molar-refractivity contribution in [3.8, 4) is 0 Å². The van der Waals surface area contributed by atoms with Gasteiger partial charge in [-0.2, -0.15) is 0 Å². The van der Waals surface area contributed by atoms with E-state index in [4.69, 9.17) is 0 Å². The smallest absolute Gasteiger partial charge is 0.129 e. The van der Waals surface area contributed by atoms with E-state index in [2.05, 4.69) is 14.8 Å². The molecule has 0 saturated carbocycles. The number of aryl methyl sites for hydroxylation is 1. The molecule has 0 aromatic carbocycles. The largest absolute Gasteiger partial charge is 0.392 e. The number of rotatable bonds is 3. The van der Waals surface area contributed by atoms with Crippen molar-refractivity contribution in [3.05, 3.63) is 23.4 Å². The van der Waals surface area contributed by atoms with Gasteiger partial charge in [0.25, 0.3) is 0 Å². The minimum Gasteiger partial charge on any atom is -0.392 e. The van der Waals surface area contributed by atoms with Crippen LogP contribution in [0.1, 0.15) is 30.5 Å². The van der Waals surface area contributed by atoms with E-state index in [0.29, 0.717) is 6.04 Å². The van der Waals surface area contributed by atoms with Crippen LogP contribution in [0.2, 0.25) is 0 Å². The fourth-order valence-corrected chi connectivity index (χ4v) is 3.33. The third-order valence-corrected chi connectivity index (χ3v) is 4.33. The maximum Gasteiger partial charge on any atom is 0.129 e. The van der Waals surface area contributed by atoms with Gasteiger partial charge in [0, 0.05) is 24.8 Å². The molecule has 1 atom stereocenters. The molecule has 2 saturated heterocycles. The van der Waals surface area contributed by atoms with Crippen LogP contribution in [-0.4, -0.2) is 47.2 Å². The Balaban J connectivity index is 1.71. The van der Waals surface area contributed by atoms with Crippen LogP contribution >= 0.6 is 0 Å². The van der Waals surface area contributed by atoms with E-state index in [0.717, 1.165) is 30.2 Å². The van der Waals surface area contributed by atoms with Gasteiger partial charge in [-0.3, -0.25) is 4.90 Å². The number of pyridine rings is 1. The Morgan fingerprint density at radius 2 is 2.05 bits per heavy atom. The summed E-state index contributed by atoms with van der Waals surface area (Å²) in [6.07, 6.45) is 3.95. The monoisotopic (exact) mass is 261 g/mol. The van der Waals surface area contributed by atoms with Crippen LogP contribution in [0.3, 0.4) is 0 Å². The SMILES string of the molecule is Cc1cc(CO)cc(N2CCC(N3CCCC3)C2)n1. The van der Waals surface area contributed by atoms with Gasteiger partial charge in [0.1, 0.15) is 5.82 Å². The van der Waals surface area contributed by atoms with Crippen molar-refractivity contribution in [2.45, 2.75) is 38.8 Å². The first-order valence-corrected chi connectivity index (χ1v) is 7.33. The molecular formula is C15H23N3O. The molecule has 0 spiro atoms. The quantitative estimate of drug-likeness (QED) is 0.896. The first-order valence-electron chi connectivity index (χ1n) is 7.33. The molecule has 19 heavy (non-hydrogen) atoms. The van der Waals surface area contributed by atoms with Crippen molar-refractivity contribution in [1.29, 1.82) is 0 Å². The summed E-state index contributed by atoms with van der Waals surface area (Å²) in [5, 5.41) is 9.30. The van der Waals surface area contributed by atoms with Crippen molar-refractivity contribution in [2.75, 3.05) is 31.1 Å². The van der Waals surface area contributed by atoms with Crippen LogP contribution in [0.25, 0.3) is 0 Å². The van der Waals surface area contributed by atoms with Gasteiger partial charge in [-0.25, -0.2) is 4.98 Å². The Labute approximate surface area is 115 Å². The summed E-state index contributed by atoms with van der Waals surface area (Å²) >= 11 is 0. The van der Waals surface area contributed by atoms with Crippen LogP contribution in [-0.2, 0) is 6.61 Å². The fourth-order valence-electron chi connectivity index (χ4n) is 3.33. The number of aliphatic hydroxyl groups excluding tert-OH is 1. The average molecular weight is 261 g/mol. The fraction of sp³-hybridized carbons (Fsp3) is 0.667. The third kappa shape index (κ3) is 2.74. The number of anilines is 1. The molecule has 0 amide bonds. The highest BCUT2D eigenvalue weighted by molar-refractivity contribution is 5.44. The third-order valence-electron chi connectivity index (χ3n) is 4.33. The Kier molecular flexibility index (Phi) is 3.71. The Hall–Kier alpha value is -1.13. The molecule has 0 aliphatic carbocycles. The second kappa shape index (κ2) is 5.47. The normalized spacial score (nSPS) is 24.3. The lowest BCUT2D eigenvalue weighted by atomic mass is 10.2. The molecule has 3 rings (SSSR count). The second-order valence-electron chi connectivity index (χ2n) is 5.76. The zero-order chi connectivity index (χ0) is 13.2. The van der Waals surface area contributed by atoms with Crippen LogP contribution in [0.15, 0.2) is 12.1 Å². The van der Waals surface area contributed by atoms with Gasteiger partial charge < -0.3 is 10.0 Å². The Morgan fingerprint density at radius 1 is 1.26 bits per heavy atom. The standard InChI is InChI=1S/C15H23N3O/c1-12-8-13(11-19)9-15(16-12)18-7-4-14(10-18)17-5-2-3-6-17/h8-9,14,19H,2-7,10-11H2,1H3. The van der Waals surface area contributed by atoms with E-state index in [9.17, 15) is 5.11 Å². The zero-order valence-electron chi connectivity index (χ0n) is 11.7. The van der Waals surface area contributed by atoms with Crippen LogP contribution in [0.4, 0.5) is 5.82 Å². The molecule has 1 unspecified atom stereocenters. The van der Waals surface area contributed by atoms with Crippen LogP contribution in [0.5, 0.6) is 0 Å². The predicted octanol–water partition coefficient (Wildman–Crippen LogP) is 1.56. The maximum atomic E-state index is 9.30. The van der Waals surface area contributed by atoms with E-state index < -0.39 is 0 Å². The van der Waals surface area contributed by atoms with E-state index in [1.165, 1.54) is 32.4 Å². The van der Waals surface area contributed by atoms with Crippen molar-refractivity contribution >= 4 is 5.82 Å². The average Bonchev–Trinajstić information content (AvgIpc) is 3.08. The number of nitrogens with zero attached hydrogens (tertiary/aromatic N) is 3. The van der Waals surface area contributed by atoms with Gasteiger partial charge in [0.05, 0.1) is 6.61 Å². The highest BCUT2D eigenvalue weighted by atomic mass is 16.3. The molecule has 2 fully saturated rings. The minimum atomic E-state index is 0.0970. The summed E-state index contributed by atoms with van der Waals surface area (Å²) in [6, 6.07) is 4.68. The molecule has 0 radical (unpaired) electrons. The molecule has 1 aromatic heterocycles. The summed E-state index contributed by atoms with van der Waals surface area (Å²) in [5.74, 6) is 1.03. The van der Waals surface area contributed by atoms with E-state index >= 15 is 0 Å². The lowest BCUT2D eigenvalue weighted by Gasteiger charge is -2.24. The summed E-state index contributed by atoms with van der Waals surface area (Å²) in [7, 11) is 0. The molecule has 1 N–H and O–H groups in total. The lowest BCUT2D eigenvalue weighted by molar-refractivity contribution is 0.260. The second-order valence-corrected chi connectivity index (χ2v) is 5.76. The molecule has 3 heterocycles. The summed E-state index contributed by atoms with van der Waals surface area (Å²) in [4.78, 5) is 9.62. The van der Waals surface area contributed by atoms with Gasteiger partial charge in [0.15, 0.2) is 0 Å². The zero-order valence-corrected chi connectivity index (χ0v) is 11.7. The molecule has 0 bridgehead atoms. The minimum absolute atomic E-state index is 0.0970. The lowest BCUT2D eigenvalue weighted by Crippen LogP contribution is -2.35. The first-order chi connectivity index (χ1) is 9.26. The number of aliphatic hydroxyl groups is 1. The van der Waals surface area contributed by atoms with E-state index in [1.807, 2.05) is 19.1 Å². The molecule has 4 heteroatoms. The Bertz CT molecular complexity index is 443. The van der Waals surface area contributed by atoms with Crippen molar-refractivity contribution in [1.82, 2.24) is 9.88 Å². The van der Waals surface area contributed by atoms with Crippen molar-refractivity contribution in [3.63, 3.8) is 0 Å². The van der Waals surface area contributed by atoms with Crippen molar-refractivity contribution < 1.29 is 5.11 Å². The van der Waals surface area contributed by atoms with Gasteiger partial charge in [-0.05, 0) is 57.0 Å². The highest BCUT2D eigenvalue weighted by Crippen LogP contribution is 2.25. The molecule has 1 aromatic rings. The van der Waals surface area contributed by atoms with Gasteiger partial charge in [-0.1, -0.05) is 0 Å². The van der Waals surface area contributed by atoms with Gasteiger partial charge in [0.2, 0.25) is 0 Å². The summed E-state index contributed by atoms with van der Waals surface area (Å²) in [6.45, 7) is 6.80. The topological polar surface area (TPSA) is 39.6 Å². The van der Waals surface area contributed by atoms with Crippen LogP contribution in [0, 0.1) is 6.92 Å². The van der Waals surface area contributed by atoms with Gasteiger partial charge >= 0.3 is 0 Å². The van der Waals surface area contributed by atoms with E-state index in [-0.39, 0.29) is 6.61 Å². The number of hydrogen-bond acceptors (Lipinski definition) is 4.